The molecule has 0 fully saturated rings. The van der Waals surface area contributed by atoms with E-state index >= 15 is 0 Å². The molecule has 0 aliphatic heterocycles. The van der Waals surface area contributed by atoms with E-state index in [-0.39, 0.29) is 5.75 Å². The van der Waals surface area contributed by atoms with Crippen LogP contribution < -0.4 is 5.32 Å². The van der Waals surface area contributed by atoms with E-state index in [0.29, 0.717) is 24.1 Å². The van der Waals surface area contributed by atoms with Crippen LogP contribution in [0.25, 0.3) is 0 Å². The summed E-state index contributed by atoms with van der Waals surface area (Å²) in [6, 6.07) is 3.55. The first kappa shape index (κ1) is 14.1. The van der Waals surface area contributed by atoms with Gasteiger partial charge in [0.1, 0.15) is 11.5 Å². The lowest BCUT2D eigenvalue weighted by Crippen LogP contribution is -2.18. The SMILES string of the molecule is FC(F)SCc1ccc(CNCCn2ccnc2)o1. The molecule has 7 heteroatoms. The van der Waals surface area contributed by atoms with E-state index in [4.69, 9.17) is 4.42 Å². The van der Waals surface area contributed by atoms with Gasteiger partial charge in [-0.3, -0.25) is 0 Å². The minimum absolute atomic E-state index is 0.201. The summed E-state index contributed by atoms with van der Waals surface area (Å²) < 4.78 is 31.4. The molecule has 0 saturated carbocycles. The summed E-state index contributed by atoms with van der Waals surface area (Å²) in [5.74, 6) is -0.818. The third-order valence-electron chi connectivity index (χ3n) is 2.47. The van der Waals surface area contributed by atoms with Gasteiger partial charge in [0.25, 0.3) is 5.76 Å². The van der Waals surface area contributed by atoms with Gasteiger partial charge in [-0.25, -0.2) is 4.98 Å². The lowest BCUT2D eigenvalue weighted by molar-refractivity contribution is 0.251. The molecule has 0 aliphatic carbocycles. The van der Waals surface area contributed by atoms with Crippen molar-refractivity contribution in [3.63, 3.8) is 0 Å². The van der Waals surface area contributed by atoms with Crippen molar-refractivity contribution in [2.75, 3.05) is 6.54 Å². The molecule has 0 saturated heterocycles. The van der Waals surface area contributed by atoms with Crippen LogP contribution in [0.5, 0.6) is 0 Å². The smallest absolute Gasteiger partial charge is 0.284 e. The maximum absolute atomic E-state index is 12.0. The summed E-state index contributed by atoms with van der Waals surface area (Å²) in [7, 11) is 0. The highest BCUT2D eigenvalue weighted by Gasteiger charge is 2.07. The van der Waals surface area contributed by atoms with E-state index in [1.165, 1.54) is 0 Å². The number of nitrogens with one attached hydrogen (secondary N) is 1. The van der Waals surface area contributed by atoms with Crippen molar-refractivity contribution in [1.82, 2.24) is 14.9 Å². The van der Waals surface area contributed by atoms with Crippen molar-refractivity contribution in [2.45, 2.75) is 24.6 Å². The minimum atomic E-state index is -2.36. The van der Waals surface area contributed by atoms with Crippen LogP contribution in [0.3, 0.4) is 0 Å². The van der Waals surface area contributed by atoms with Gasteiger partial charge in [-0.2, -0.15) is 8.78 Å². The lowest BCUT2D eigenvalue weighted by atomic mass is 10.4. The quantitative estimate of drug-likeness (QED) is 0.758. The van der Waals surface area contributed by atoms with Gasteiger partial charge >= 0.3 is 0 Å². The van der Waals surface area contributed by atoms with Crippen molar-refractivity contribution < 1.29 is 13.2 Å². The second-order valence-electron chi connectivity index (χ2n) is 3.92. The molecule has 0 radical (unpaired) electrons. The van der Waals surface area contributed by atoms with E-state index in [2.05, 4.69) is 10.3 Å². The molecule has 4 nitrogen and oxygen atoms in total. The Morgan fingerprint density at radius 2 is 2.21 bits per heavy atom. The van der Waals surface area contributed by atoms with Crippen molar-refractivity contribution in [3.05, 3.63) is 42.4 Å². The van der Waals surface area contributed by atoms with Gasteiger partial charge in [0.2, 0.25) is 0 Å². The van der Waals surface area contributed by atoms with E-state index < -0.39 is 5.76 Å². The Bertz CT molecular complexity index is 473. The second kappa shape index (κ2) is 7.30. The van der Waals surface area contributed by atoms with Gasteiger partial charge in [0.15, 0.2) is 0 Å². The number of hydrogen-bond acceptors (Lipinski definition) is 4. The van der Waals surface area contributed by atoms with Crippen LogP contribution in [0.15, 0.2) is 35.3 Å². The van der Waals surface area contributed by atoms with Crippen molar-refractivity contribution >= 4 is 11.8 Å². The Kier molecular flexibility index (Phi) is 5.41. The minimum Gasteiger partial charge on any atom is -0.464 e. The summed E-state index contributed by atoms with van der Waals surface area (Å²) in [5, 5.41) is 3.22. The number of hydrogen-bond donors (Lipinski definition) is 1. The first-order valence-corrected chi connectivity index (χ1v) is 6.93. The Morgan fingerprint density at radius 3 is 2.95 bits per heavy atom. The third-order valence-corrected chi connectivity index (χ3v) is 3.18. The molecule has 0 amide bonds. The van der Waals surface area contributed by atoms with E-state index in [1.54, 1.807) is 18.6 Å². The Labute approximate surface area is 114 Å². The summed E-state index contributed by atoms with van der Waals surface area (Å²) >= 11 is 0.567. The average molecular weight is 287 g/mol. The Morgan fingerprint density at radius 1 is 1.37 bits per heavy atom. The van der Waals surface area contributed by atoms with Gasteiger partial charge < -0.3 is 14.3 Å². The Hall–Kier alpha value is -1.34. The van der Waals surface area contributed by atoms with Crippen molar-refractivity contribution in [2.24, 2.45) is 0 Å². The highest BCUT2D eigenvalue weighted by molar-refractivity contribution is 7.98. The fourth-order valence-corrected chi connectivity index (χ4v) is 2.02. The maximum Gasteiger partial charge on any atom is 0.284 e. The maximum atomic E-state index is 12.0. The molecule has 19 heavy (non-hydrogen) atoms. The van der Waals surface area contributed by atoms with E-state index in [9.17, 15) is 8.78 Å². The normalized spacial score (nSPS) is 11.3. The molecule has 1 N–H and O–H groups in total. The second-order valence-corrected chi connectivity index (χ2v) is 4.90. The monoisotopic (exact) mass is 287 g/mol. The summed E-state index contributed by atoms with van der Waals surface area (Å²) in [6.07, 6.45) is 5.39. The van der Waals surface area contributed by atoms with Gasteiger partial charge in [-0.15, -0.1) is 0 Å². The molecule has 0 bridgehead atoms. The van der Waals surface area contributed by atoms with Crippen molar-refractivity contribution in [1.29, 1.82) is 0 Å². The van der Waals surface area contributed by atoms with Crippen molar-refractivity contribution in [3.8, 4) is 0 Å². The average Bonchev–Trinajstić information content (AvgIpc) is 3.04. The number of nitrogens with zero attached hydrogens (tertiary/aromatic N) is 2. The molecule has 0 atom stereocenters. The Balaban J connectivity index is 1.65. The molecule has 0 aromatic carbocycles. The van der Waals surface area contributed by atoms with Gasteiger partial charge in [-0.05, 0) is 12.1 Å². The van der Waals surface area contributed by atoms with Crippen LogP contribution in [0, 0.1) is 0 Å². The first-order chi connectivity index (χ1) is 9.24. The molecule has 0 aliphatic rings. The molecule has 0 spiro atoms. The number of halogens is 2. The zero-order valence-corrected chi connectivity index (χ0v) is 11.1. The van der Waals surface area contributed by atoms with Crippen LogP contribution in [-0.2, 0) is 18.8 Å². The highest BCUT2D eigenvalue weighted by atomic mass is 32.2. The molecule has 104 valence electrons. The summed E-state index contributed by atoms with van der Waals surface area (Å²) in [4.78, 5) is 3.95. The van der Waals surface area contributed by atoms with Crippen LogP contribution in [0.4, 0.5) is 8.78 Å². The number of rotatable bonds is 8. The van der Waals surface area contributed by atoms with Crippen LogP contribution in [0.1, 0.15) is 11.5 Å². The number of imidazole rings is 1. The summed E-state index contributed by atoms with van der Waals surface area (Å²) in [5.41, 5.74) is 0. The van der Waals surface area contributed by atoms with E-state index in [0.717, 1.165) is 18.8 Å². The molecule has 2 rings (SSSR count). The fraction of sp³-hybridized carbons (Fsp3) is 0.417. The number of furan rings is 1. The third kappa shape index (κ3) is 5.04. The van der Waals surface area contributed by atoms with Gasteiger partial charge in [0.05, 0.1) is 18.6 Å². The molecule has 2 aromatic heterocycles. The molecule has 0 unspecified atom stereocenters. The van der Waals surface area contributed by atoms with Crippen LogP contribution in [0.2, 0.25) is 0 Å². The predicted octanol–water partition coefficient (Wildman–Crippen LogP) is 2.72. The van der Waals surface area contributed by atoms with Crippen LogP contribution in [-0.4, -0.2) is 21.9 Å². The zero-order valence-electron chi connectivity index (χ0n) is 10.3. The lowest BCUT2D eigenvalue weighted by Gasteiger charge is -2.03. The molecular formula is C12H15F2N3OS. The number of alkyl halides is 2. The largest absolute Gasteiger partial charge is 0.464 e. The highest BCUT2D eigenvalue weighted by Crippen LogP contribution is 2.21. The molecular weight excluding hydrogens is 272 g/mol. The van der Waals surface area contributed by atoms with E-state index in [1.807, 2.05) is 16.8 Å². The summed E-state index contributed by atoms with van der Waals surface area (Å²) in [6.45, 7) is 2.21. The topological polar surface area (TPSA) is 43.0 Å². The first-order valence-electron chi connectivity index (χ1n) is 5.88. The molecule has 2 heterocycles. The fourth-order valence-electron chi connectivity index (χ4n) is 1.58. The zero-order chi connectivity index (χ0) is 13.5. The number of thioether (sulfide) groups is 1. The number of aromatic nitrogens is 2. The van der Waals surface area contributed by atoms with Gasteiger partial charge in [-0.1, -0.05) is 11.8 Å². The standard InChI is InChI=1S/C12H15F2N3OS/c13-12(14)19-8-11-2-1-10(18-11)7-15-3-5-17-6-4-16-9-17/h1-2,4,6,9,12,15H,3,5,7-8H2. The predicted molar refractivity (Wildman–Crippen MR) is 69.9 cm³/mol. The van der Waals surface area contributed by atoms with Gasteiger partial charge in [0, 0.05) is 25.5 Å². The molecule has 2 aromatic rings. The van der Waals surface area contributed by atoms with Crippen LogP contribution >= 0.6 is 11.8 Å².